The molecule has 0 aromatic carbocycles. The third-order valence-electron chi connectivity index (χ3n) is 3.01. The van der Waals surface area contributed by atoms with E-state index in [1.165, 1.54) is 4.88 Å². The van der Waals surface area contributed by atoms with Gasteiger partial charge in [0.05, 0.1) is 17.6 Å². The number of aryl methyl sites for hydroxylation is 1. The van der Waals surface area contributed by atoms with E-state index in [0.29, 0.717) is 11.6 Å². The summed E-state index contributed by atoms with van der Waals surface area (Å²) in [6.07, 6.45) is 3.61. The fraction of sp³-hybridized carbons (Fsp3) is 0.385. The number of fused-ring (bicyclic) bond motifs is 1. The van der Waals surface area contributed by atoms with Gasteiger partial charge in [-0.25, -0.2) is 4.98 Å². The summed E-state index contributed by atoms with van der Waals surface area (Å²) in [6, 6.07) is 0.0752. The molecule has 1 unspecified atom stereocenters. The fourth-order valence-corrected chi connectivity index (χ4v) is 2.80. The Kier molecular flexibility index (Phi) is 3.70. The van der Waals surface area contributed by atoms with Crippen LogP contribution in [0.15, 0.2) is 12.4 Å². The van der Waals surface area contributed by atoms with Crippen LogP contribution in [-0.2, 0) is 0 Å². The predicted octanol–water partition coefficient (Wildman–Crippen LogP) is 2.72. The smallest absolute Gasteiger partial charge is 0.226 e. The summed E-state index contributed by atoms with van der Waals surface area (Å²) in [5.41, 5.74) is 0.714. The van der Waals surface area contributed by atoms with Crippen LogP contribution in [0.5, 0.6) is 0 Å². The molecule has 0 aliphatic rings. The minimum Gasteiger partial charge on any atom is -0.360 e. The SMILES string of the molecule is CCNc1nc(NC(C)c2ncc(C)s2)c2cn[nH]c2n1. The van der Waals surface area contributed by atoms with Crippen LogP contribution in [0.2, 0.25) is 0 Å². The third-order valence-corrected chi connectivity index (χ3v) is 4.10. The Morgan fingerprint density at radius 1 is 1.33 bits per heavy atom. The number of anilines is 2. The van der Waals surface area contributed by atoms with E-state index in [9.17, 15) is 0 Å². The molecule has 0 fully saturated rings. The molecule has 0 aliphatic heterocycles. The van der Waals surface area contributed by atoms with Crippen LogP contribution in [0.3, 0.4) is 0 Å². The van der Waals surface area contributed by atoms with E-state index < -0.39 is 0 Å². The van der Waals surface area contributed by atoms with Gasteiger partial charge in [-0.2, -0.15) is 15.1 Å². The maximum atomic E-state index is 4.52. The van der Waals surface area contributed by atoms with Crippen molar-refractivity contribution in [2.75, 3.05) is 17.2 Å². The fourth-order valence-electron chi connectivity index (χ4n) is 2.02. The second kappa shape index (κ2) is 5.65. The standard InChI is InChI=1S/C13H17N7S/c1-4-14-13-18-10(9-6-16-20-11(9)19-13)17-8(3)12-15-5-7(2)21-12/h5-6,8H,4H2,1-3H3,(H3,14,16,17,18,19,20). The average Bonchev–Trinajstić information content (AvgIpc) is 3.07. The average molecular weight is 303 g/mol. The number of nitrogens with one attached hydrogen (secondary N) is 3. The van der Waals surface area contributed by atoms with Crippen LogP contribution in [0.25, 0.3) is 11.0 Å². The van der Waals surface area contributed by atoms with Crippen molar-refractivity contribution < 1.29 is 0 Å². The maximum Gasteiger partial charge on any atom is 0.226 e. The van der Waals surface area contributed by atoms with Crippen molar-refractivity contribution in [2.24, 2.45) is 0 Å². The van der Waals surface area contributed by atoms with Gasteiger partial charge < -0.3 is 10.6 Å². The molecule has 21 heavy (non-hydrogen) atoms. The molecule has 3 aromatic heterocycles. The van der Waals surface area contributed by atoms with Crippen molar-refractivity contribution >= 4 is 34.1 Å². The first kappa shape index (κ1) is 13.7. The van der Waals surface area contributed by atoms with Gasteiger partial charge in [0, 0.05) is 17.6 Å². The van der Waals surface area contributed by atoms with Gasteiger partial charge in [-0.3, -0.25) is 5.10 Å². The van der Waals surface area contributed by atoms with E-state index in [-0.39, 0.29) is 6.04 Å². The first-order valence-corrected chi connectivity index (χ1v) is 7.63. The summed E-state index contributed by atoms with van der Waals surface area (Å²) in [6.45, 7) is 6.89. The zero-order valence-corrected chi connectivity index (χ0v) is 13.0. The number of hydrogen-bond donors (Lipinski definition) is 3. The van der Waals surface area contributed by atoms with Crippen molar-refractivity contribution in [3.05, 3.63) is 22.3 Å². The molecule has 3 heterocycles. The lowest BCUT2D eigenvalue weighted by molar-refractivity contribution is 0.862. The lowest BCUT2D eigenvalue weighted by Gasteiger charge is -2.13. The summed E-state index contributed by atoms with van der Waals surface area (Å²) in [4.78, 5) is 14.5. The molecule has 0 aliphatic carbocycles. The van der Waals surface area contributed by atoms with Crippen LogP contribution in [0.4, 0.5) is 11.8 Å². The zero-order chi connectivity index (χ0) is 14.8. The molecule has 1 atom stereocenters. The summed E-state index contributed by atoms with van der Waals surface area (Å²) in [7, 11) is 0. The van der Waals surface area contributed by atoms with Crippen LogP contribution in [-0.4, -0.2) is 31.7 Å². The van der Waals surface area contributed by atoms with Crippen molar-refractivity contribution in [2.45, 2.75) is 26.8 Å². The summed E-state index contributed by atoms with van der Waals surface area (Å²) >= 11 is 1.68. The number of nitrogens with zero attached hydrogens (tertiary/aromatic N) is 4. The summed E-state index contributed by atoms with van der Waals surface area (Å²) in [5, 5.41) is 15.3. The molecule has 0 spiro atoms. The van der Waals surface area contributed by atoms with E-state index >= 15 is 0 Å². The third kappa shape index (κ3) is 2.80. The van der Waals surface area contributed by atoms with Gasteiger partial charge >= 0.3 is 0 Å². The Labute approximate surface area is 126 Å². The van der Waals surface area contributed by atoms with E-state index in [1.807, 2.05) is 13.1 Å². The summed E-state index contributed by atoms with van der Waals surface area (Å²) < 4.78 is 0. The largest absolute Gasteiger partial charge is 0.360 e. The molecule has 3 N–H and O–H groups in total. The van der Waals surface area contributed by atoms with Gasteiger partial charge in [-0.15, -0.1) is 11.3 Å². The molecule has 0 saturated heterocycles. The number of H-pyrrole nitrogens is 1. The highest BCUT2D eigenvalue weighted by Gasteiger charge is 2.14. The zero-order valence-electron chi connectivity index (χ0n) is 12.1. The lowest BCUT2D eigenvalue weighted by atomic mass is 10.3. The number of aromatic nitrogens is 5. The molecule has 0 radical (unpaired) electrons. The van der Waals surface area contributed by atoms with Gasteiger partial charge in [0.25, 0.3) is 0 Å². The van der Waals surface area contributed by atoms with Gasteiger partial charge in [-0.05, 0) is 20.8 Å². The molecular formula is C13H17N7S. The molecule has 110 valence electrons. The quantitative estimate of drug-likeness (QED) is 0.671. The molecular weight excluding hydrogens is 286 g/mol. The van der Waals surface area contributed by atoms with E-state index in [0.717, 1.165) is 22.8 Å². The second-order valence-corrected chi connectivity index (χ2v) is 6.00. The Hall–Kier alpha value is -2.22. The number of rotatable bonds is 5. The Morgan fingerprint density at radius 3 is 2.90 bits per heavy atom. The highest BCUT2D eigenvalue weighted by molar-refractivity contribution is 7.11. The lowest BCUT2D eigenvalue weighted by Crippen LogP contribution is -2.10. The minimum absolute atomic E-state index is 0.0752. The van der Waals surface area contributed by atoms with Crippen LogP contribution >= 0.6 is 11.3 Å². The highest BCUT2D eigenvalue weighted by atomic mass is 32.1. The highest BCUT2D eigenvalue weighted by Crippen LogP contribution is 2.26. The van der Waals surface area contributed by atoms with E-state index in [4.69, 9.17) is 0 Å². The molecule has 7 nitrogen and oxygen atoms in total. The molecule has 3 aromatic rings. The van der Waals surface area contributed by atoms with Gasteiger partial charge in [0.15, 0.2) is 5.65 Å². The number of hydrogen-bond acceptors (Lipinski definition) is 7. The van der Waals surface area contributed by atoms with Crippen LogP contribution in [0, 0.1) is 6.92 Å². The Morgan fingerprint density at radius 2 is 2.19 bits per heavy atom. The Balaban J connectivity index is 1.93. The Bertz CT molecular complexity index is 748. The number of thiazole rings is 1. The first-order chi connectivity index (χ1) is 10.2. The predicted molar refractivity (Wildman–Crippen MR) is 84.7 cm³/mol. The van der Waals surface area contributed by atoms with Crippen LogP contribution in [0.1, 0.15) is 29.8 Å². The molecule has 8 heteroatoms. The molecule has 0 saturated carbocycles. The molecule has 3 rings (SSSR count). The van der Waals surface area contributed by atoms with Crippen molar-refractivity contribution in [3.8, 4) is 0 Å². The van der Waals surface area contributed by atoms with Crippen molar-refractivity contribution in [1.82, 2.24) is 25.1 Å². The normalized spacial score (nSPS) is 12.5. The minimum atomic E-state index is 0.0752. The van der Waals surface area contributed by atoms with E-state index in [1.54, 1.807) is 17.5 Å². The van der Waals surface area contributed by atoms with Gasteiger partial charge in [-0.1, -0.05) is 0 Å². The summed E-state index contributed by atoms with van der Waals surface area (Å²) in [5.74, 6) is 1.34. The maximum absolute atomic E-state index is 4.52. The van der Waals surface area contributed by atoms with Gasteiger partial charge in [0.1, 0.15) is 10.8 Å². The first-order valence-electron chi connectivity index (χ1n) is 6.81. The van der Waals surface area contributed by atoms with Crippen LogP contribution < -0.4 is 10.6 Å². The monoisotopic (exact) mass is 303 g/mol. The van der Waals surface area contributed by atoms with Crippen molar-refractivity contribution in [1.29, 1.82) is 0 Å². The van der Waals surface area contributed by atoms with E-state index in [2.05, 4.69) is 49.6 Å². The number of aromatic amines is 1. The molecule has 0 amide bonds. The van der Waals surface area contributed by atoms with Gasteiger partial charge in [0.2, 0.25) is 5.95 Å². The van der Waals surface area contributed by atoms with Crippen molar-refractivity contribution in [3.63, 3.8) is 0 Å². The second-order valence-electron chi connectivity index (χ2n) is 4.73. The molecule has 0 bridgehead atoms. The topological polar surface area (TPSA) is 91.4 Å².